The standard InChI is InChI=1S/C23H34N4OS/c1-4-21-27-20(16-29-21)12-13-25-23(24-5-2)26-15-19-7-6-14-28-22(19)18-10-8-17(3)9-11-18/h8-11,16,19,22H,4-7,12-15H2,1-3H3,(H2,24,25,26). The van der Waals surface area contributed by atoms with Crippen molar-refractivity contribution in [3.05, 3.63) is 51.5 Å². The van der Waals surface area contributed by atoms with Crippen molar-refractivity contribution in [3.8, 4) is 0 Å². The lowest BCUT2D eigenvalue weighted by Gasteiger charge is -2.31. The summed E-state index contributed by atoms with van der Waals surface area (Å²) in [7, 11) is 0. The maximum absolute atomic E-state index is 6.14. The smallest absolute Gasteiger partial charge is 0.191 e. The number of thiazole rings is 1. The van der Waals surface area contributed by atoms with Gasteiger partial charge in [0.2, 0.25) is 0 Å². The van der Waals surface area contributed by atoms with Crippen LogP contribution in [0.2, 0.25) is 0 Å². The number of rotatable bonds is 8. The third kappa shape index (κ3) is 6.54. The second-order valence-corrected chi connectivity index (χ2v) is 8.53. The van der Waals surface area contributed by atoms with E-state index in [1.807, 2.05) is 0 Å². The van der Waals surface area contributed by atoms with Gasteiger partial charge in [-0.15, -0.1) is 11.3 Å². The summed E-state index contributed by atoms with van der Waals surface area (Å²) in [6.45, 7) is 9.66. The summed E-state index contributed by atoms with van der Waals surface area (Å²) in [5.74, 6) is 1.29. The molecule has 2 heterocycles. The summed E-state index contributed by atoms with van der Waals surface area (Å²) in [5, 5.41) is 10.2. The Labute approximate surface area is 179 Å². The first-order chi connectivity index (χ1) is 14.2. The number of hydrogen-bond donors (Lipinski definition) is 2. The van der Waals surface area contributed by atoms with Crippen LogP contribution in [-0.4, -0.2) is 37.2 Å². The highest BCUT2D eigenvalue weighted by molar-refractivity contribution is 7.09. The van der Waals surface area contributed by atoms with E-state index in [2.05, 4.69) is 66.0 Å². The summed E-state index contributed by atoms with van der Waals surface area (Å²) in [4.78, 5) is 9.52. The highest BCUT2D eigenvalue weighted by atomic mass is 32.1. The third-order valence-electron chi connectivity index (χ3n) is 5.25. The molecule has 0 aliphatic carbocycles. The number of benzene rings is 1. The Kier molecular flexibility index (Phi) is 8.50. The Bertz CT molecular complexity index is 771. The first-order valence-electron chi connectivity index (χ1n) is 10.8. The van der Waals surface area contributed by atoms with E-state index >= 15 is 0 Å². The van der Waals surface area contributed by atoms with E-state index in [4.69, 9.17) is 9.73 Å². The van der Waals surface area contributed by atoms with Crippen LogP contribution in [-0.2, 0) is 17.6 Å². The SMILES string of the molecule is CCNC(=NCC1CCCOC1c1ccc(C)cc1)NCCc1csc(CC)n1. The molecule has 2 aromatic rings. The number of nitrogens with zero attached hydrogens (tertiary/aromatic N) is 2. The molecule has 1 fully saturated rings. The van der Waals surface area contributed by atoms with Crippen molar-refractivity contribution >= 4 is 17.3 Å². The Morgan fingerprint density at radius 2 is 2.07 bits per heavy atom. The van der Waals surface area contributed by atoms with Crippen molar-refractivity contribution in [1.82, 2.24) is 15.6 Å². The molecule has 1 aromatic heterocycles. The second kappa shape index (κ2) is 11.3. The number of nitrogens with one attached hydrogen (secondary N) is 2. The average molecular weight is 415 g/mol. The van der Waals surface area contributed by atoms with Crippen molar-refractivity contribution in [2.24, 2.45) is 10.9 Å². The predicted octanol–water partition coefficient (Wildman–Crippen LogP) is 4.28. The minimum absolute atomic E-state index is 0.137. The van der Waals surface area contributed by atoms with Crippen LogP contribution in [0.4, 0.5) is 0 Å². The molecule has 1 aliphatic heterocycles. The van der Waals surface area contributed by atoms with Gasteiger partial charge in [-0.05, 0) is 38.7 Å². The zero-order valence-electron chi connectivity index (χ0n) is 17.9. The van der Waals surface area contributed by atoms with E-state index in [0.29, 0.717) is 5.92 Å². The quantitative estimate of drug-likeness (QED) is 0.500. The highest BCUT2D eigenvalue weighted by Gasteiger charge is 2.27. The van der Waals surface area contributed by atoms with Gasteiger partial charge in [0.25, 0.3) is 0 Å². The summed E-state index contributed by atoms with van der Waals surface area (Å²) >= 11 is 1.75. The van der Waals surface area contributed by atoms with Crippen molar-refractivity contribution < 1.29 is 4.74 Å². The van der Waals surface area contributed by atoms with Crippen LogP contribution in [0.3, 0.4) is 0 Å². The molecule has 1 aliphatic rings. The van der Waals surface area contributed by atoms with Gasteiger partial charge in [-0.2, -0.15) is 0 Å². The molecule has 158 valence electrons. The molecule has 2 atom stereocenters. The summed E-state index contributed by atoms with van der Waals surface area (Å²) in [6.07, 6.45) is 4.32. The molecule has 1 saturated heterocycles. The van der Waals surface area contributed by atoms with Crippen molar-refractivity contribution in [1.29, 1.82) is 0 Å². The molecule has 0 bridgehead atoms. The Morgan fingerprint density at radius 3 is 2.79 bits per heavy atom. The number of ether oxygens (including phenoxy) is 1. The van der Waals surface area contributed by atoms with E-state index in [-0.39, 0.29) is 6.10 Å². The fourth-order valence-electron chi connectivity index (χ4n) is 3.64. The normalized spacial score (nSPS) is 19.9. The van der Waals surface area contributed by atoms with Gasteiger partial charge in [0.1, 0.15) is 0 Å². The Balaban J connectivity index is 1.57. The van der Waals surface area contributed by atoms with Gasteiger partial charge in [0.05, 0.1) is 16.8 Å². The first kappa shape index (κ1) is 21.8. The fourth-order valence-corrected chi connectivity index (χ4v) is 4.42. The zero-order chi connectivity index (χ0) is 20.5. The van der Waals surface area contributed by atoms with Gasteiger partial charge in [-0.1, -0.05) is 36.8 Å². The third-order valence-corrected chi connectivity index (χ3v) is 6.30. The first-order valence-corrected chi connectivity index (χ1v) is 11.7. The van der Waals surface area contributed by atoms with Gasteiger partial charge < -0.3 is 15.4 Å². The minimum Gasteiger partial charge on any atom is -0.373 e. The van der Waals surface area contributed by atoms with Crippen LogP contribution in [0.1, 0.15) is 54.6 Å². The van der Waals surface area contributed by atoms with Crippen LogP contribution < -0.4 is 10.6 Å². The molecule has 2 unspecified atom stereocenters. The van der Waals surface area contributed by atoms with Crippen LogP contribution in [0.25, 0.3) is 0 Å². The summed E-state index contributed by atoms with van der Waals surface area (Å²) < 4.78 is 6.14. The Morgan fingerprint density at radius 1 is 1.24 bits per heavy atom. The number of aliphatic imine (C=N–C) groups is 1. The molecule has 6 heteroatoms. The second-order valence-electron chi connectivity index (χ2n) is 7.59. The van der Waals surface area contributed by atoms with Gasteiger partial charge in [-0.25, -0.2) is 4.98 Å². The van der Waals surface area contributed by atoms with Crippen LogP contribution in [0.15, 0.2) is 34.6 Å². The number of aromatic nitrogens is 1. The molecule has 5 nitrogen and oxygen atoms in total. The van der Waals surface area contributed by atoms with Gasteiger partial charge in [-0.3, -0.25) is 4.99 Å². The van der Waals surface area contributed by atoms with Crippen LogP contribution in [0, 0.1) is 12.8 Å². The van der Waals surface area contributed by atoms with Crippen LogP contribution >= 0.6 is 11.3 Å². The predicted molar refractivity (Wildman–Crippen MR) is 122 cm³/mol. The van der Waals surface area contributed by atoms with Crippen molar-refractivity contribution in [2.75, 3.05) is 26.2 Å². The topological polar surface area (TPSA) is 58.5 Å². The van der Waals surface area contributed by atoms with E-state index < -0.39 is 0 Å². The molecule has 0 saturated carbocycles. The molecule has 2 N–H and O–H groups in total. The molecular formula is C23H34N4OS. The fraction of sp³-hybridized carbons (Fsp3) is 0.565. The van der Waals surface area contributed by atoms with E-state index in [1.54, 1.807) is 11.3 Å². The van der Waals surface area contributed by atoms with E-state index in [1.165, 1.54) is 16.1 Å². The lowest BCUT2D eigenvalue weighted by Crippen LogP contribution is -2.39. The molecule has 29 heavy (non-hydrogen) atoms. The largest absolute Gasteiger partial charge is 0.373 e. The van der Waals surface area contributed by atoms with Crippen LogP contribution in [0.5, 0.6) is 0 Å². The van der Waals surface area contributed by atoms with Gasteiger partial charge in [0.15, 0.2) is 5.96 Å². The monoisotopic (exact) mass is 414 g/mol. The molecule has 0 radical (unpaired) electrons. The zero-order valence-corrected chi connectivity index (χ0v) is 18.7. The summed E-state index contributed by atoms with van der Waals surface area (Å²) in [6, 6.07) is 8.73. The highest BCUT2D eigenvalue weighted by Crippen LogP contribution is 2.33. The van der Waals surface area contributed by atoms with E-state index in [9.17, 15) is 0 Å². The molecular weight excluding hydrogens is 380 g/mol. The molecule has 0 spiro atoms. The minimum atomic E-state index is 0.137. The molecule has 0 amide bonds. The molecule has 1 aromatic carbocycles. The number of aryl methyl sites for hydroxylation is 2. The Hall–Kier alpha value is -1.92. The lowest BCUT2D eigenvalue weighted by atomic mass is 9.89. The average Bonchev–Trinajstić information content (AvgIpc) is 3.21. The molecule has 3 rings (SSSR count). The van der Waals surface area contributed by atoms with E-state index in [0.717, 1.165) is 63.6 Å². The lowest BCUT2D eigenvalue weighted by molar-refractivity contribution is -0.0250. The van der Waals surface area contributed by atoms with Crippen molar-refractivity contribution in [3.63, 3.8) is 0 Å². The van der Waals surface area contributed by atoms with Gasteiger partial charge in [0, 0.05) is 44.0 Å². The van der Waals surface area contributed by atoms with Gasteiger partial charge >= 0.3 is 0 Å². The number of hydrogen-bond acceptors (Lipinski definition) is 4. The number of guanidine groups is 1. The maximum atomic E-state index is 6.14. The summed E-state index contributed by atoms with van der Waals surface area (Å²) in [5.41, 5.74) is 3.71. The maximum Gasteiger partial charge on any atom is 0.191 e. The van der Waals surface area contributed by atoms with Crippen molar-refractivity contribution in [2.45, 2.75) is 52.6 Å².